The summed E-state index contributed by atoms with van der Waals surface area (Å²) in [4.78, 5) is 29.5. The summed E-state index contributed by atoms with van der Waals surface area (Å²) in [7, 11) is 1.82. The number of benzene rings is 2. The Bertz CT molecular complexity index is 861. The zero-order valence-electron chi connectivity index (χ0n) is 15.6. The van der Waals surface area contributed by atoms with Gasteiger partial charge in [0.1, 0.15) is 0 Å². The predicted octanol–water partition coefficient (Wildman–Crippen LogP) is 2.09. The number of carbonyl (C=O) groups excluding carboxylic acids is 2. The number of anilines is 1. The first-order chi connectivity index (χ1) is 13.0. The maximum absolute atomic E-state index is 13.4. The van der Waals surface area contributed by atoms with E-state index in [1.165, 1.54) is 0 Å². The molecule has 0 radical (unpaired) electrons. The third kappa shape index (κ3) is 3.02. The molecule has 2 amide bonds. The van der Waals surface area contributed by atoms with Crippen molar-refractivity contribution in [2.75, 3.05) is 25.0 Å². The minimum Gasteiger partial charge on any atom is -0.339 e. The first-order valence-electron chi connectivity index (χ1n) is 9.46. The van der Waals surface area contributed by atoms with E-state index in [1.54, 1.807) is 9.80 Å². The molecule has 1 saturated heterocycles. The van der Waals surface area contributed by atoms with Crippen molar-refractivity contribution >= 4 is 17.5 Å². The molecule has 2 aliphatic rings. The molecule has 0 unspecified atom stereocenters. The van der Waals surface area contributed by atoms with Crippen LogP contribution in [-0.2, 0) is 21.4 Å². The molecular weight excluding hydrogens is 338 g/mol. The SMILES string of the molecule is CN1C(=O)[C@@](CCC(=O)N2CC(N)C2)(Cc2ccccc2)c2ccccc21. The Morgan fingerprint density at radius 1 is 1.11 bits per heavy atom. The number of nitrogens with zero attached hydrogens (tertiary/aromatic N) is 2. The molecule has 2 heterocycles. The molecule has 0 saturated carbocycles. The third-order valence-corrected chi connectivity index (χ3v) is 5.87. The lowest BCUT2D eigenvalue weighted by atomic mass is 9.73. The Balaban J connectivity index is 1.66. The fraction of sp³-hybridized carbons (Fsp3) is 0.364. The van der Waals surface area contributed by atoms with Gasteiger partial charge in [0.2, 0.25) is 11.8 Å². The molecule has 0 bridgehead atoms. The van der Waals surface area contributed by atoms with Crippen molar-refractivity contribution in [2.45, 2.75) is 30.7 Å². The fourth-order valence-electron chi connectivity index (χ4n) is 4.36. The topological polar surface area (TPSA) is 66.6 Å². The summed E-state index contributed by atoms with van der Waals surface area (Å²) < 4.78 is 0. The van der Waals surface area contributed by atoms with Gasteiger partial charge >= 0.3 is 0 Å². The van der Waals surface area contributed by atoms with Crippen LogP contribution in [0.25, 0.3) is 0 Å². The van der Waals surface area contributed by atoms with Gasteiger partial charge in [0, 0.05) is 38.3 Å². The van der Waals surface area contributed by atoms with Gasteiger partial charge in [-0.2, -0.15) is 0 Å². The van der Waals surface area contributed by atoms with E-state index in [4.69, 9.17) is 5.73 Å². The van der Waals surface area contributed by atoms with Gasteiger partial charge in [0.25, 0.3) is 0 Å². The quantitative estimate of drug-likeness (QED) is 0.885. The van der Waals surface area contributed by atoms with Gasteiger partial charge in [0.05, 0.1) is 5.41 Å². The lowest BCUT2D eigenvalue weighted by Gasteiger charge is -2.38. The average molecular weight is 363 g/mol. The lowest BCUT2D eigenvalue weighted by molar-refractivity contribution is -0.136. The molecular formula is C22H25N3O2. The summed E-state index contributed by atoms with van der Waals surface area (Å²) in [6, 6.07) is 18.1. The van der Waals surface area contributed by atoms with E-state index in [2.05, 4.69) is 0 Å². The van der Waals surface area contributed by atoms with Crippen molar-refractivity contribution in [2.24, 2.45) is 5.73 Å². The van der Waals surface area contributed by atoms with Crippen LogP contribution in [0, 0.1) is 0 Å². The number of amides is 2. The largest absolute Gasteiger partial charge is 0.339 e. The highest BCUT2D eigenvalue weighted by atomic mass is 16.2. The number of hydrogen-bond acceptors (Lipinski definition) is 3. The van der Waals surface area contributed by atoms with Gasteiger partial charge in [0.15, 0.2) is 0 Å². The van der Waals surface area contributed by atoms with Gasteiger partial charge in [-0.25, -0.2) is 0 Å². The molecule has 2 N–H and O–H groups in total. The number of likely N-dealkylation sites (tertiary alicyclic amines) is 1. The molecule has 5 heteroatoms. The Kier molecular flexibility index (Phi) is 4.48. The van der Waals surface area contributed by atoms with E-state index in [0.717, 1.165) is 16.8 Å². The van der Waals surface area contributed by atoms with Crippen LogP contribution < -0.4 is 10.6 Å². The van der Waals surface area contributed by atoms with Crippen molar-refractivity contribution < 1.29 is 9.59 Å². The van der Waals surface area contributed by atoms with E-state index in [0.29, 0.717) is 32.4 Å². The first kappa shape index (κ1) is 17.7. The van der Waals surface area contributed by atoms with E-state index in [9.17, 15) is 9.59 Å². The molecule has 1 atom stereocenters. The van der Waals surface area contributed by atoms with E-state index < -0.39 is 5.41 Å². The van der Waals surface area contributed by atoms with Gasteiger partial charge in [-0.15, -0.1) is 0 Å². The van der Waals surface area contributed by atoms with Crippen LogP contribution in [0.5, 0.6) is 0 Å². The Labute approximate surface area is 159 Å². The number of carbonyl (C=O) groups is 2. The summed E-state index contributed by atoms with van der Waals surface area (Å²) >= 11 is 0. The van der Waals surface area contributed by atoms with Crippen molar-refractivity contribution in [3.63, 3.8) is 0 Å². The van der Waals surface area contributed by atoms with E-state index in [1.807, 2.05) is 61.6 Å². The van der Waals surface area contributed by atoms with Crippen molar-refractivity contribution in [1.29, 1.82) is 0 Å². The molecule has 0 spiro atoms. The number of para-hydroxylation sites is 1. The Morgan fingerprint density at radius 2 is 1.78 bits per heavy atom. The molecule has 140 valence electrons. The average Bonchev–Trinajstić information content (AvgIpc) is 2.87. The lowest BCUT2D eigenvalue weighted by Crippen LogP contribution is -2.58. The van der Waals surface area contributed by atoms with Crippen LogP contribution in [0.2, 0.25) is 0 Å². The van der Waals surface area contributed by atoms with Gasteiger partial charge < -0.3 is 15.5 Å². The number of nitrogens with two attached hydrogens (primary N) is 1. The third-order valence-electron chi connectivity index (χ3n) is 5.87. The fourth-order valence-corrected chi connectivity index (χ4v) is 4.36. The molecule has 2 aromatic rings. The maximum Gasteiger partial charge on any atom is 0.237 e. The Morgan fingerprint density at radius 3 is 2.48 bits per heavy atom. The summed E-state index contributed by atoms with van der Waals surface area (Å²) in [5, 5.41) is 0. The van der Waals surface area contributed by atoms with Crippen molar-refractivity contribution in [3.8, 4) is 0 Å². The van der Waals surface area contributed by atoms with Crippen LogP contribution in [0.1, 0.15) is 24.0 Å². The van der Waals surface area contributed by atoms with Gasteiger partial charge in [-0.1, -0.05) is 48.5 Å². The predicted molar refractivity (Wildman–Crippen MR) is 105 cm³/mol. The normalized spacial score (nSPS) is 21.9. The molecule has 5 nitrogen and oxygen atoms in total. The second-order valence-corrected chi connectivity index (χ2v) is 7.68. The maximum atomic E-state index is 13.4. The minimum absolute atomic E-state index is 0.0701. The number of hydrogen-bond donors (Lipinski definition) is 1. The second-order valence-electron chi connectivity index (χ2n) is 7.68. The van der Waals surface area contributed by atoms with Crippen LogP contribution in [0.4, 0.5) is 5.69 Å². The van der Waals surface area contributed by atoms with Crippen LogP contribution >= 0.6 is 0 Å². The summed E-state index contributed by atoms with van der Waals surface area (Å²) in [5.74, 6) is 0.157. The highest BCUT2D eigenvalue weighted by Gasteiger charge is 2.49. The highest BCUT2D eigenvalue weighted by molar-refractivity contribution is 6.08. The van der Waals surface area contributed by atoms with E-state index in [-0.39, 0.29) is 17.9 Å². The Hall–Kier alpha value is -2.66. The zero-order chi connectivity index (χ0) is 19.0. The highest BCUT2D eigenvalue weighted by Crippen LogP contribution is 2.46. The number of fused-ring (bicyclic) bond motifs is 1. The first-order valence-corrected chi connectivity index (χ1v) is 9.46. The molecule has 2 aliphatic heterocycles. The summed E-state index contributed by atoms with van der Waals surface area (Å²) in [6.07, 6.45) is 1.46. The standard InChI is InChI=1S/C22H25N3O2/c1-24-19-10-6-5-9-18(19)22(21(24)27,13-16-7-3-2-4-8-16)12-11-20(26)25-14-17(23)15-25/h2-10,17H,11-15,23H2,1H3/t22-/m0/s1. The zero-order valence-corrected chi connectivity index (χ0v) is 15.6. The van der Waals surface area contributed by atoms with Crippen LogP contribution in [0.3, 0.4) is 0 Å². The summed E-state index contributed by atoms with van der Waals surface area (Å²) in [5.41, 5.74) is 8.17. The molecule has 1 fully saturated rings. The molecule has 0 aliphatic carbocycles. The second kappa shape index (κ2) is 6.82. The van der Waals surface area contributed by atoms with Crippen LogP contribution in [0.15, 0.2) is 54.6 Å². The number of likely N-dealkylation sites (N-methyl/N-ethyl adjacent to an activating group) is 1. The van der Waals surface area contributed by atoms with Crippen molar-refractivity contribution in [1.82, 2.24) is 4.90 Å². The van der Waals surface area contributed by atoms with Gasteiger partial charge in [-0.05, 0) is 30.0 Å². The smallest absolute Gasteiger partial charge is 0.237 e. The minimum atomic E-state index is -0.699. The monoisotopic (exact) mass is 363 g/mol. The molecule has 27 heavy (non-hydrogen) atoms. The summed E-state index contributed by atoms with van der Waals surface area (Å²) in [6.45, 7) is 1.24. The van der Waals surface area contributed by atoms with Gasteiger partial charge in [-0.3, -0.25) is 9.59 Å². The molecule has 4 rings (SSSR count). The van der Waals surface area contributed by atoms with E-state index >= 15 is 0 Å². The van der Waals surface area contributed by atoms with Crippen LogP contribution in [-0.4, -0.2) is 42.9 Å². The molecule has 2 aromatic carbocycles. The number of rotatable bonds is 5. The molecule has 0 aromatic heterocycles. The van der Waals surface area contributed by atoms with Crippen molar-refractivity contribution in [3.05, 3.63) is 65.7 Å².